The Morgan fingerprint density at radius 1 is 1.15 bits per heavy atom. The van der Waals surface area contributed by atoms with Crippen LogP contribution in [0.1, 0.15) is 0 Å². The van der Waals surface area contributed by atoms with Crippen LogP contribution in [0.5, 0.6) is 0 Å². The molecule has 0 saturated carbocycles. The van der Waals surface area contributed by atoms with Crippen LogP contribution in [0.3, 0.4) is 0 Å². The maximum atomic E-state index is 10.5. The fourth-order valence-corrected chi connectivity index (χ4v) is 1.38. The summed E-state index contributed by atoms with van der Waals surface area (Å²) < 4.78 is 31.6. The Morgan fingerprint density at radius 3 is 1.92 bits per heavy atom. The number of hydrogen-bond donors (Lipinski definition) is 0. The van der Waals surface area contributed by atoms with Gasteiger partial charge in [-0.25, -0.2) is 8.42 Å². The summed E-state index contributed by atoms with van der Waals surface area (Å²) in [4.78, 5) is 1.62. The lowest BCUT2D eigenvalue weighted by Gasteiger charge is -2.13. The zero-order valence-corrected chi connectivity index (χ0v) is 8.21. The number of nitrogens with zero attached hydrogens (tertiary/aromatic N) is 1. The SMILES string of the molecule is CN(C)c1ccc(S(=O)(=O)[O-])cc1. The van der Waals surface area contributed by atoms with Gasteiger partial charge in [0, 0.05) is 19.8 Å². The summed E-state index contributed by atoms with van der Waals surface area (Å²) in [5, 5.41) is 0. The lowest BCUT2D eigenvalue weighted by atomic mass is 10.3. The van der Waals surface area contributed by atoms with Crippen LogP contribution in [0.4, 0.5) is 5.69 Å². The third kappa shape index (κ3) is 2.43. The van der Waals surface area contributed by atoms with Gasteiger partial charge in [0.25, 0.3) is 0 Å². The predicted molar refractivity (Wildman–Crippen MR) is 48.7 cm³/mol. The molecule has 5 heteroatoms. The molecule has 0 amide bonds. The Kier molecular flexibility index (Phi) is 2.58. The van der Waals surface area contributed by atoms with Crippen LogP contribution in [-0.4, -0.2) is 27.1 Å². The molecule has 0 aliphatic heterocycles. The summed E-state index contributed by atoms with van der Waals surface area (Å²) in [7, 11) is -0.646. The van der Waals surface area contributed by atoms with Crippen molar-refractivity contribution in [3.8, 4) is 0 Å². The Morgan fingerprint density at radius 2 is 1.62 bits per heavy atom. The second-order valence-corrected chi connectivity index (χ2v) is 4.22. The van der Waals surface area contributed by atoms with Crippen molar-refractivity contribution in [3.05, 3.63) is 24.3 Å². The van der Waals surface area contributed by atoms with E-state index in [-0.39, 0.29) is 4.90 Å². The highest BCUT2D eigenvalue weighted by Crippen LogP contribution is 2.15. The van der Waals surface area contributed by atoms with Crippen molar-refractivity contribution < 1.29 is 13.0 Å². The van der Waals surface area contributed by atoms with E-state index < -0.39 is 10.1 Å². The van der Waals surface area contributed by atoms with Gasteiger partial charge in [0.05, 0.1) is 4.90 Å². The molecule has 1 rings (SSSR count). The average Bonchev–Trinajstić information content (AvgIpc) is 2.03. The first-order chi connectivity index (χ1) is 5.91. The molecular formula is C8H10NO3S-. The van der Waals surface area contributed by atoms with Crippen LogP contribution < -0.4 is 4.90 Å². The minimum absolute atomic E-state index is 0.196. The highest BCUT2D eigenvalue weighted by molar-refractivity contribution is 7.85. The van der Waals surface area contributed by atoms with Gasteiger partial charge < -0.3 is 9.45 Å². The molecule has 0 aliphatic carbocycles. The van der Waals surface area contributed by atoms with Gasteiger partial charge in [0.2, 0.25) is 0 Å². The number of hydrogen-bond acceptors (Lipinski definition) is 4. The number of benzene rings is 1. The van der Waals surface area contributed by atoms with Crippen LogP contribution in [0.15, 0.2) is 29.2 Å². The van der Waals surface area contributed by atoms with Crippen molar-refractivity contribution in [2.24, 2.45) is 0 Å². The van der Waals surface area contributed by atoms with Crippen LogP contribution in [0.25, 0.3) is 0 Å². The summed E-state index contributed by atoms with van der Waals surface area (Å²) in [6.45, 7) is 0. The molecule has 0 spiro atoms. The van der Waals surface area contributed by atoms with Gasteiger partial charge in [0.15, 0.2) is 0 Å². The Balaban J connectivity index is 3.08. The van der Waals surface area contributed by atoms with Crippen molar-refractivity contribution in [2.75, 3.05) is 19.0 Å². The van der Waals surface area contributed by atoms with Gasteiger partial charge in [-0.05, 0) is 24.3 Å². The Labute approximate surface area is 77.5 Å². The van der Waals surface area contributed by atoms with Gasteiger partial charge >= 0.3 is 0 Å². The first-order valence-corrected chi connectivity index (χ1v) is 5.05. The van der Waals surface area contributed by atoms with Crippen molar-refractivity contribution in [1.29, 1.82) is 0 Å². The largest absolute Gasteiger partial charge is 0.744 e. The fourth-order valence-electron chi connectivity index (χ4n) is 0.911. The Hall–Kier alpha value is -1.07. The maximum absolute atomic E-state index is 10.5. The molecule has 0 radical (unpaired) electrons. The number of anilines is 1. The van der Waals surface area contributed by atoms with E-state index in [1.165, 1.54) is 12.1 Å². The smallest absolute Gasteiger partial charge is 0.124 e. The molecular weight excluding hydrogens is 190 g/mol. The van der Waals surface area contributed by atoms with E-state index in [4.69, 9.17) is 0 Å². The molecule has 0 aliphatic rings. The summed E-state index contributed by atoms with van der Waals surface area (Å²) in [5.41, 5.74) is 0.854. The molecule has 0 fully saturated rings. The molecule has 0 unspecified atom stereocenters. The van der Waals surface area contributed by atoms with E-state index in [2.05, 4.69) is 0 Å². The third-order valence-electron chi connectivity index (χ3n) is 1.64. The average molecular weight is 200 g/mol. The third-order valence-corrected chi connectivity index (χ3v) is 2.49. The molecule has 0 N–H and O–H groups in total. The molecule has 0 bridgehead atoms. The molecule has 4 nitrogen and oxygen atoms in total. The van der Waals surface area contributed by atoms with Gasteiger partial charge in [-0.2, -0.15) is 0 Å². The fraction of sp³-hybridized carbons (Fsp3) is 0.250. The van der Waals surface area contributed by atoms with Gasteiger partial charge in [-0.15, -0.1) is 0 Å². The van der Waals surface area contributed by atoms with E-state index in [9.17, 15) is 13.0 Å². The highest BCUT2D eigenvalue weighted by atomic mass is 32.2. The molecule has 0 heterocycles. The van der Waals surface area contributed by atoms with Crippen molar-refractivity contribution in [1.82, 2.24) is 0 Å². The first-order valence-electron chi connectivity index (χ1n) is 3.64. The quantitative estimate of drug-likeness (QED) is 0.658. The van der Waals surface area contributed by atoms with Crippen molar-refractivity contribution in [2.45, 2.75) is 4.90 Å². The predicted octanol–water partition coefficient (Wildman–Crippen LogP) is 0.657. The van der Waals surface area contributed by atoms with Crippen LogP contribution >= 0.6 is 0 Å². The lowest BCUT2D eigenvalue weighted by Crippen LogP contribution is -2.08. The van der Waals surface area contributed by atoms with Crippen LogP contribution in [0.2, 0.25) is 0 Å². The molecule has 1 aromatic rings. The van der Waals surface area contributed by atoms with Crippen molar-refractivity contribution in [3.63, 3.8) is 0 Å². The molecule has 72 valence electrons. The summed E-state index contributed by atoms with van der Waals surface area (Å²) >= 11 is 0. The lowest BCUT2D eigenvalue weighted by molar-refractivity contribution is 0.463. The van der Waals surface area contributed by atoms with Crippen LogP contribution in [0, 0.1) is 0 Å². The molecule has 13 heavy (non-hydrogen) atoms. The normalized spacial score (nSPS) is 11.3. The second kappa shape index (κ2) is 3.35. The molecule has 0 saturated heterocycles. The zero-order valence-electron chi connectivity index (χ0n) is 7.39. The standard InChI is InChI=1S/C8H11NO3S/c1-9(2)7-3-5-8(6-4-7)13(10,11)12/h3-6H,1-2H3,(H,10,11,12)/p-1. The highest BCUT2D eigenvalue weighted by Gasteiger charge is 2.00. The van der Waals surface area contributed by atoms with E-state index in [0.717, 1.165) is 5.69 Å². The van der Waals surface area contributed by atoms with Gasteiger partial charge in [-0.1, -0.05) is 0 Å². The van der Waals surface area contributed by atoms with E-state index >= 15 is 0 Å². The molecule has 1 aromatic carbocycles. The van der Waals surface area contributed by atoms with Gasteiger partial charge in [0.1, 0.15) is 10.1 Å². The summed E-state index contributed by atoms with van der Waals surface area (Å²) in [6, 6.07) is 5.78. The first kappa shape index (κ1) is 10.0. The zero-order chi connectivity index (χ0) is 10.1. The minimum atomic E-state index is -4.31. The Bertz CT molecular complexity index is 380. The molecule has 0 aromatic heterocycles. The second-order valence-electron chi connectivity index (χ2n) is 2.84. The maximum Gasteiger partial charge on any atom is 0.124 e. The van der Waals surface area contributed by atoms with E-state index in [1.807, 2.05) is 19.0 Å². The number of rotatable bonds is 2. The monoisotopic (exact) mass is 200 g/mol. The van der Waals surface area contributed by atoms with E-state index in [1.54, 1.807) is 12.1 Å². The minimum Gasteiger partial charge on any atom is -0.744 e. The topological polar surface area (TPSA) is 60.4 Å². The van der Waals surface area contributed by atoms with Crippen molar-refractivity contribution >= 4 is 15.8 Å². The summed E-state index contributed by atoms with van der Waals surface area (Å²) in [5.74, 6) is 0. The van der Waals surface area contributed by atoms with Gasteiger partial charge in [-0.3, -0.25) is 0 Å². The summed E-state index contributed by atoms with van der Waals surface area (Å²) in [6.07, 6.45) is 0. The molecule has 0 atom stereocenters. The van der Waals surface area contributed by atoms with E-state index in [0.29, 0.717) is 0 Å². The van der Waals surface area contributed by atoms with Crippen LogP contribution in [-0.2, 0) is 10.1 Å².